The number of aromatic nitrogens is 2. The summed E-state index contributed by atoms with van der Waals surface area (Å²) in [5.41, 5.74) is 0. The normalized spacial score (nSPS) is 21.5. The first kappa shape index (κ1) is 18.0. The van der Waals surface area contributed by atoms with Gasteiger partial charge in [0.2, 0.25) is 11.8 Å². The molecule has 2 heterocycles. The second kappa shape index (κ2) is 8.50. The molecule has 1 atom stereocenters. The average Bonchev–Trinajstić information content (AvgIpc) is 3.28. The Hall–Kier alpha value is -1.85. The van der Waals surface area contributed by atoms with Gasteiger partial charge >= 0.3 is 0 Å². The van der Waals surface area contributed by atoms with Gasteiger partial charge < -0.3 is 14.8 Å². The lowest BCUT2D eigenvalue weighted by atomic mass is 9.99. The molecule has 0 unspecified atom stereocenters. The number of hydrogen-bond donors (Lipinski definition) is 1. The first-order valence-corrected chi connectivity index (χ1v) is 9.70. The summed E-state index contributed by atoms with van der Waals surface area (Å²) < 4.78 is 1.90. The minimum Gasteiger partial charge on any atom is -0.356 e. The van der Waals surface area contributed by atoms with Crippen LogP contribution in [0.2, 0.25) is 0 Å². The number of likely N-dealkylation sites (tertiary alicyclic amines) is 1. The highest BCUT2D eigenvalue weighted by molar-refractivity contribution is 5.79. The molecule has 1 aliphatic heterocycles. The third-order valence-corrected chi connectivity index (χ3v) is 5.68. The zero-order valence-corrected chi connectivity index (χ0v) is 15.2. The van der Waals surface area contributed by atoms with E-state index >= 15 is 0 Å². The van der Waals surface area contributed by atoms with Crippen LogP contribution in [0.4, 0.5) is 0 Å². The van der Waals surface area contributed by atoms with E-state index in [2.05, 4.69) is 10.3 Å². The van der Waals surface area contributed by atoms with Crippen LogP contribution < -0.4 is 5.32 Å². The van der Waals surface area contributed by atoms with Crippen molar-refractivity contribution in [1.29, 1.82) is 0 Å². The van der Waals surface area contributed by atoms with Crippen molar-refractivity contribution >= 4 is 11.8 Å². The van der Waals surface area contributed by atoms with Gasteiger partial charge in [-0.15, -0.1) is 0 Å². The minimum atomic E-state index is 0.160. The maximum absolute atomic E-state index is 12.7. The lowest BCUT2D eigenvalue weighted by molar-refractivity contribution is -0.135. The molecule has 1 saturated carbocycles. The van der Waals surface area contributed by atoms with Crippen molar-refractivity contribution in [3.05, 3.63) is 18.2 Å². The second-order valence-electron chi connectivity index (χ2n) is 7.40. The van der Waals surface area contributed by atoms with Gasteiger partial charge in [-0.1, -0.05) is 12.8 Å². The molecular formula is C19H30N4O2. The number of rotatable bonds is 6. The summed E-state index contributed by atoms with van der Waals surface area (Å²) in [6.45, 7) is 3.78. The first-order valence-electron chi connectivity index (χ1n) is 9.70. The van der Waals surface area contributed by atoms with E-state index in [4.69, 9.17) is 0 Å². The summed E-state index contributed by atoms with van der Waals surface area (Å²) in [5, 5.41) is 3.09. The predicted octanol–water partition coefficient (Wildman–Crippen LogP) is 2.27. The van der Waals surface area contributed by atoms with Crippen molar-refractivity contribution in [3.63, 3.8) is 0 Å². The molecule has 6 heteroatoms. The largest absolute Gasteiger partial charge is 0.356 e. The van der Waals surface area contributed by atoms with Crippen LogP contribution in [0.25, 0.3) is 0 Å². The molecule has 1 N–H and O–H groups in total. The third-order valence-electron chi connectivity index (χ3n) is 5.68. The summed E-state index contributed by atoms with van der Waals surface area (Å²) in [7, 11) is 0. The molecule has 0 spiro atoms. The highest BCUT2D eigenvalue weighted by Gasteiger charge is 2.27. The first-order chi connectivity index (χ1) is 12.1. The van der Waals surface area contributed by atoms with E-state index in [0.29, 0.717) is 13.1 Å². The number of piperidine rings is 1. The van der Waals surface area contributed by atoms with E-state index in [1.165, 1.54) is 12.8 Å². The van der Waals surface area contributed by atoms with Gasteiger partial charge in [0.05, 0.1) is 0 Å². The van der Waals surface area contributed by atoms with E-state index in [0.717, 1.165) is 50.9 Å². The number of nitrogens with zero attached hydrogens (tertiary/aromatic N) is 3. The zero-order chi connectivity index (χ0) is 17.6. The van der Waals surface area contributed by atoms with Crippen LogP contribution in [0.5, 0.6) is 0 Å². The van der Waals surface area contributed by atoms with Gasteiger partial charge in [-0.25, -0.2) is 4.98 Å². The SMILES string of the molecule is Cc1nccn1CC(=O)N1CCCC[C@H]1CCNC(=O)C1CCCC1. The Bertz CT molecular complexity index is 592. The highest BCUT2D eigenvalue weighted by atomic mass is 16.2. The third kappa shape index (κ3) is 4.61. The molecule has 1 saturated heterocycles. The quantitative estimate of drug-likeness (QED) is 0.859. The predicted molar refractivity (Wildman–Crippen MR) is 95.9 cm³/mol. The number of nitrogens with one attached hydrogen (secondary N) is 1. The van der Waals surface area contributed by atoms with Crippen LogP contribution in [0, 0.1) is 12.8 Å². The fourth-order valence-electron chi connectivity index (χ4n) is 4.13. The fourth-order valence-corrected chi connectivity index (χ4v) is 4.13. The molecule has 0 radical (unpaired) electrons. The van der Waals surface area contributed by atoms with Crippen molar-refractivity contribution < 1.29 is 9.59 Å². The zero-order valence-electron chi connectivity index (χ0n) is 15.2. The van der Waals surface area contributed by atoms with Gasteiger partial charge in [-0.05, 0) is 45.4 Å². The molecule has 1 aromatic heterocycles. The highest BCUT2D eigenvalue weighted by Crippen LogP contribution is 2.25. The molecule has 1 aromatic rings. The molecule has 0 aromatic carbocycles. The Morgan fingerprint density at radius 3 is 2.68 bits per heavy atom. The average molecular weight is 346 g/mol. The van der Waals surface area contributed by atoms with Crippen LogP contribution in [0.1, 0.15) is 57.2 Å². The van der Waals surface area contributed by atoms with E-state index in [9.17, 15) is 9.59 Å². The van der Waals surface area contributed by atoms with Crippen LogP contribution in [-0.2, 0) is 16.1 Å². The Morgan fingerprint density at radius 1 is 1.20 bits per heavy atom. The van der Waals surface area contributed by atoms with E-state index in [1.807, 2.05) is 22.6 Å². The van der Waals surface area contributed by atoms with Gasteiger partial charge in [0, 0.05) is 37.4 Å². The topological polar surface area (TPSA) is 67.2 Å². The Labute approximate surface area is 150 Å². The van der Waals surface area contributed by atoms with Gasteiger partial charge in [-0.3, -0.25) is 9.59 Å². The van der Waals surface area contributed by atoms with Gasteiger partial charge in [0.25, 0.3) is 0 Å². The van der Waals surface area contributed by atoms with Crippen molar-refractivity contribution in [2.45, 2.75) is 70.9 Å². The molecule has 138 valence electrons. The second-order valence-corrected chi connectivity index (χ2v) is 7.40. The molecule has 2 amide bonds. The van der Waals surface area contributed by atoms with E-state index in [-0.39, 0.29) is 23.8 Å². The number of amides is 2. The van der Waals surface area contributed by atoms with Crippen molar-refractivity contribution in [3.8, 4) is 0 Å². The fraction of sp³-hybridized carbons (Fsp3) is 0.737. The van der Waals surface area contributed by atoms with Crippen molar-refractivity contribution in [1.82, 2.24) is 19.8 Å². The lowest BCUT2D eigenvalue weighted by Gasteiger charge is -2.36. The number of imidazole rings is 1. The molecule has 2 fully saturated rings. The summed E-state index contributed by atoms with van der Waals surface area (Å²) in [6.07, 6.45) is 12.1. The maximum Gasteiger partial charge on any atom is 0.242 e. The summed E-state index contributed by atoms with van der Waals surface area (Å²) >= 11 is 0. The maximum atomic E-state index is 12.7. The van der Waals surface area contributed by atoms with Crippen molar-refractivity contribution in [2.75, 3.05) is 13.1 Å². The Balaban J connectivity index is 1.49. The van der Waals surface area contributed by atoms with Gasteiger partial charge in [0.1, 0.15) is 12.4 Å². The van der Waals surface area contributed by atoms with Crippen LogP contribution >= 0.6 is 0 Å². The summed E-state index contributed by atoms with van der Waals surface area (Å²) in [6, 6.07) is 0.244. The number of hydrogen-bond acceptors (Lipinski definition) is 3. The van der Waals surface area contributed by atoms with Crippen LogP contribution in [-0.4, -0.2) is 45.4 Å². The monoisotopic (exact) mass is 346 g/mol. The van der Waals surface area contributed by atoms with Gasteiger partial charge in [0.15, 0.2) is 0 Å². The number of aryl methyl sites for hydroxylation is 1. The van der Waals surface area contributed by atoms with Crippen LogP contribution in [0.3, 0.4) is 0 Å². The standard InChI is InChI=1S/C19H30N4O2/c1-15-20-11-13-22(15)14-18(24)23-12-5-4-8-17(23)9-10-21-19(25)16-6-2-3-7-16/h11,13,16-17H,2-10,12,14H2,1H3,(H,21,25)/t17-/m0/s1. The number of carbonyl (C=O) groups is 2. The summed E-state index contributed by atoms with van der Waals surface area (Å²) in [5.74, 6) is 1.45. The van der Waals surface area contributed by atoms with E-state index in [1.54, 1.807) is 6.20 Å². The molecule has 1 aliphatic carbocycles. The molecule has 2 aliphatic rings. The van der Waals surface area contributed by atoms with Crippen LogP contribution in [0.15, 0.2) is 12.4 Å². The molecule has 0 bridgehead atoms. The van der Waals surface area contributed by atoms with Crippen molar-refractivity contribution in [2.24, 2.45) is 5.92 Å². The number of carbonyl (C=O) groups excluding carboxylic acids is 2. The molecular weight excluding hydrogens is 316 g/mol. The smallest absolute Gasteiger partial charge is 0.242 e. The van der Waals surface area contributed by atoms with Gasteiger partial charge in [-0.2, -0.15) is 0 Å². The molecule has 6 nitrogen and oxygen atoms in total. The van der Waals surface area contributed by atoms with E-state index < -0.39 is 0 Å². The Morgan fingerprint density at radius 2 is 1.96 bits per heavy atom. The Kier molecular flexibility index (Phi) is 6.10. The summed E-state index contributed by atoms with van der Waals surface area (Å²) in [4.78, 5) is 31.1. The minimum absolute atomic E-state index is 0.160. The molecule has 25 heavy (non-hydrogen) atoms. The lowest BCUT2D eigenvalue weighted by Crippen LogP contribution is -2.46. The molecule has 3 rings (SSSR count).